The number of rotatable bonds is 3. The van der Waals surface area contributed by atoms with Gasteiger partial charge in [-0.3, -0.25) is 0 Å². The Morgan fingerprint density at radius 3 is 2.60 bits per heavy atom. The van der Waals surface area contributed by atoms with E-state index in [0.29, 0.717) is 0 Å². The van der Waals surface area contributed by atoms with Gasteiger partial charge in [-0.1, -0.05) is 34.8 Å². The van der Waals surface area contributed by atoms with Crippen LogP contribution < -0.4 is 34.3 Å². The van der Waals surface area contributed by atoms with Gasteiger partial charge in [-0.15, -0.1) is 0 Å². The van der Waals surface area contributed by atoms with Crippen LogP contribution >= 0.6 is 34.8 Å². The summed E-state index contributed by atoms with van der Waals surface area (Å²) in [7, 11) is 0. The second kappa shape index (κ2) is 6.78. The molecule has 0 aliphatic rings. The van der Waals surface area contributed by atoms with Gasteiger partial charge >= 0.3 is 35.5 Å². The minimum absolute atomic E-state index is 0. The smallest absolute Gasteiger partial charge is 1.00 e. The first kappa shape index (κ1) is 15.3. The molecule has 1 rings (SSSR count). The molecule has 15 heavy (non-hydrogen) atoms. The first-order valence-electron chi connectivity index (χ1n) is 3.37. The Labute approximate surface area is 124 Å². The van der Waals surface area contributed by atoms with Gasteiger partial charge in [0.15, 0.2) is 11.8 Å². The van der Waals surface area contributed by atoms with Crippen molar-refractivity contribution >= 4 is 40.8 Å². The van der Waals surface area contributed by atoms with Crippen LogP contribution in [-0.4, -0.2) is 22.7 Å². The van der Waals surface area contributed by atoms with Gasteiger partial charge in [0, 0.05) is 0 Å². The standard InChI is InChI=1S/C7H4Cl3NO3.Na.H/c8-3-1-4(9)7(11-6(3)10)14-2-5(12)13;;/h1H,2H2,(H,12,13);;/q;+1;-1. The van der Waals surface area contributed by atoms with Gasteiger partial charge in [-0.25, -0.2) is 4.79 Å². The van der Waals surface area contributed by atoms with Crippen molar-refractivity contribution in [1.82, 2.24) is 4.98 Å². The average Bonchev–Trinajstić information content (AvgIpc) is 2.09. The molecule has 0 radical (unpaired) electrons. The Kier molecular flexibility index (Phi) is 6.91. The molecule has 4 nitrogen and oxygen atoms in total. The van der Waals surface area contributed by atoms with Crippen molar-refractivity contribution < 1.29 is 45.6 Å². The fourth-order valence-corrected chi connectivity index (χ4v) is 1.20. The molecular weight excluding hydrogens is 275 g/mol. The van der Waals surface area contributed by atoms with Crippen LogP contribution in [0.25, 0.3) is 0 Å². The number of carboxylic acid groups (broad SMARTS) is 1. The zero-order valence-corrected chi connectivity index (χ0v) is 11.9. The summed E-state index contributed by atoms with van der Waals surface area (Å²) in [5.41, 5.74) is 0. The Balaban J connectivity index is 0. The summed E-state index contributed by atoms with van der Waals surface area (Å²) in [4.78, 5) is 13.8. The molecule has 0 saturated heterocycles. The molecule has 0 bridgehead atoms. The van der Waals surface area contributed by atoms with Crippen LogP contribution in [0.15, 0.2) is 6.07 Å². The number of hydrogen-bond acceptors (Lipinski definition) is 3. The third kappa shape index (κ3) is 4.76. The third-order valence-corrected chi connectivity index (χ3v) is 2.13. The number of aliphatic carboxylic acids is 1. The number of halogens is 3. The SMILES string of the molecule is O=C(O)COc1nc(Cl)c(Cl)cc1Cl.[H-].[Na+]. The summed E-state index contributed by atoms with van der Waals surface area (Å²) in [5, 5.41) is 8.64. The predicted octanol–water partition coefficient (Wildman–Crippen LogP) is -0.378. The molecule has 78 valence electrons. The van der Waals surface area contributed by atoms with Crippen LogP contribution in [0.2, 0.25) is 15.2 Å². The molecule has 0 atom stereocenters. The topological polar surface area (TPSA) is 59.4 Å². The molecule has 0 aliphatic carbocycles. The molecule has 0 aromatic carbocycles. The normalized spacial score (nSPS) is 9.27. The fourth-order valence-electron chi connectivity index (χ4n) is 0.660. The molecule has 0 amide bonds. The number of carboxylic acids is 1. The quantitative estimate of drug-likeness (QED) is 0.606. The Morgan fingerprint density at radius 1 is 1.47 bits per heavy atom. The van der Waals surface area contributed by atoms with Crippen LogP contribution in [0.4, 0.5) is 0 Å². The molecule has 1 aromatic heterocycles. The van der Waals surface area contributed by atoms with E-state index in [1.165, 1.54) is 6.07 Å². The van der Waals surface area contributed by atoms with Crippen LogP contribution in [0.1, 0.15) is 1.43 Å². The summed E-state index contributed by atoms with van der Waals surface area (Å²) in [6.07, 6.45) is 0. The minimum Gasteiger partial charge on any atom is -1.00 e. The maximum atomic E-state index is 10.2. The van der Waals surface area contributed by atoms with E-state index in [1.807, 2.05) is 0 Å². The number of aromatic nitrogens is 1. The molecule has 0 spiro atoms. The van der Waals surface area contributed by atoms with Crippen molar-refractivity contribution in [3.63, 3.8) is 0 Å². The summed E-state index contributed by atoms with van der Waals surface area (Å²) >= 11 is 16.8. The van der Waals surface area contributed by atoms with Crippen molar-refractivity contribution in [3.8, 4) is 5.88 Å². The summed E-state index contributed by atoms with van der Waals surface area (Å²) in [6, 6.07) is 1.33. The first-order chi connectivity index (χ1) is 6.50. The van der Waals surface area contributed by atoms with E-state index in [4.69, 9.17) is 44.6 Å². The van der Waals surface area contributed by atoms with Gasteiger partial charge in [0.2, 0.25) is 5.88 Å². The number of ether oxygens (including phenoxy) is 1. The van der Waals surface area contributed by atoms with E-state index >= 15 is 0 Å². The average molecular weight is 280 g/mol. The predicted molar refractivity (Wildman–Crippen MR) is 53.5 cm³/mol. The maximum absolute atomic E-state index is 10.2. The van der Waals surface area contributed by atoms with Crippen molar-refractivity contribution in [2.75, 3.05) is 6.61 Å². The van der Waals surface area contributed by atoms with Crippen LogP contribution in [-0.2, 0) is 4.79 Å². The third-order valence-electron chi connectivity index (χ3n) is 1.19. The summed E-state index contributed by atoms with van der Waals surface area (Å²) in [5.74, 6) is -1.18. The Hall–Kier alpha value is 0.290. The van der Waals surface area contributed by atoms with E-state index in [1.54, 1.807) is 0 Å². The number of pyridine rings is 1. The van der Waals surface area contributed by atoms with Crippen LogP contribution in [0.5, 0.6) is 5.88 Å². The van der Waals surface area contributed by atoms with Crippen molar-refractivity contribution in [2.45, 2.75) is 0 Å². The van der Waals surface area contributed by atoms with Crippen molar-refractivity contribution in [2.24, 2.45) is 0 Å². The molecule has 1 heterocycles. The van der Waals surface area contributed by atoms with Crippen molar-refractivity contribution in [3.05, 3.63) is 21.3 Å². The largest absolute Gasteiger partial charge is 1.00 e. The van der Waals surface area contributed by atoms with E-state index in [2.05, 4.69) is 4.98 Å². The summed E-state index contributed by atoms with van der Waals surface area (Å²) in [6.45, 7) is -0.537. The Bertz CT molecular complexity index is 380. The molecule has 1 aromatic rings. The second-order valence-corrected chi connectivity index (χ2v) is 3.40. The second-order valence-electron chi connectivity index (χ2n) is 2.23. The van der Waals surface area contributed by atoms with Gasteiger partial charge < -0.3 is 11.3 Å². The number of hydrogen-bond donors (Lipinski definition) is 1. The minimum atomic E-state index is -1.13. The Morgan fingerprint density at radius 2 is 2.07 bits per heavy atom. The van der Waals surface area contributed by atoms with Crippen LogP contribution in [0, 0.1) is 0 Å². The van der Waals surface area contributed by atoms with E-state index in [9.17, 15) is 4.79 Å². The molecule has 0 fully saturated rings. The molecule has 8 heteroatoms. The summed E-state index contributed by atoms with van der Waals surface area (Å²) < 4.78 is 4.75. The molecule has 1 N–H and O–H groups in total. The van der Waals surface area contributed by atoms with Gasteiger partial charge in [0.25, 0.3) is 0 Å². The van der Waals surface area contributed by atoms with E-state index in [-0.39, 0.29) is 52.1 Å². The fraction of sp³-hybridized carbons (Fsp3) is 0.143. The maximum Gasteiger partial charge on any atom is 1.00 e. The van der Waals surface area contributed by atoms with Crippen LogP contribution in [0.3, 0.4) is 0 Å². The van der Waals surface area contributed by atoms with E-state index in [0.717, 1.165) is 0 Å². The zero-order valence-electron chi connectivity index (χ0n) is 8.63. The molecule has 0 saturated carbocycles. The monoisotopic (exact) mass is 279 g/mol. The van der Waals surface area contributed by atoms with Gasteiger partial charge in [-0.2, -0.15) is 4.98 Å². The molecule has 0 aliphatic heterocycles. The first-order valence-corrected chi connectivity index (χ1v) is 4.50. The van der Waals surface area contributed by atoms with Gasteiger partial charge in [0.1, 0.15) is 5.02 Å². The number of nitrogens with zero attached hydrogens (tertiary/aromatic N) is 1. The molecular formula is C7H5Cl3NNaO3. The number of carbonyl (C=O) groups is 1. The van der Waals surface area contributed by atoms with Gasteiger partial charge in [0.05, 0.1) is 5.02 Å². The van der Waals surface area contributed by atoms with Gasteiger partial charge in [-0.05, 0) is 6.07 Å². The molecule has 0 unspecified atom stereocenters. The van der Waals surface area contributed by atoms with E-state index < -0.39 is 12.6 Å². The van der Waals surface area contributed by atoms with Crippen molar-refractivity contribution in [1.29, 1.82) is 0 Å². The zero-order chi connectivity index (χ0) is 10.7.